The molecule has 132 valence electrons. The molecule has 6 heteroatoms. The summed E-state index contributed by atoms with van der Waals surface area (Å²) in [5.74, 6) is -0.0200. The van der Waals surface area contributed by atoms with Crippen LogP contribution < -0.4 is 5.73 Å². The van der Waals surface area contributed by atoms with Crippen molar-refractivity contribution >= 4 is 11.7 Å². The maximum atomic E-state index is 12.9. The van der Waals surface area contributed by atoms with E-state index in [0.29, 0.717) is 13.1 Å². The minimum Gasteiger partial charge on any atom is -0.382 e. The molecule has 1 aromatic heterocycles. The quantitative estimate of drug-likeness (QED) is 0.872. The molecule has 2 heterocycles. The number of carbonyl (C=O) groups excluding carboxylic acids is 1. The van der Waals surface area contributed by atoms with Gasteiger partial charge in [0, 0.05) is 32.1 Å². The zero-order valence-corrected chi connectivity index (χ0v) is 14.5. The fraction of sp³-hybridized carbons (Fsp3) is 0.421. The van der Waals surface area contributed by atoms with Gasteiger partial charge in [-0.25, -0.2) is 9.97 Å². The molecule has 1 fully saturated rings. The molecule has 0 unspecified atom stereocenters. The van der Waals surface area contributed by atoms with E-state index in [1.54, 1.807) is 4.90 Å². The Balaban J connectivity index is 1.73. The van der Waals surface area contributed by atoms with Crippen molar-refractivity contribution in [3.63, 3.8) is 0 Å². The van der Waals surface area contributed by atoms with Gasteiger partial charge in [-0.2, -0.15) is 0 Å². The van der Waals surface area contributed by atoms with E-state index in [-0.39, 0.29) is 23.5 Å². The monoisotopic (exact) mass is 340 g/mol. The molecule has 6 nitrogen and oxygen atoms in total. The van der Waals surface area contributed by atoms with Crippen molar-refractivity contribution in [3.8, 4) is 0 Å². The van der Waals surface area contributed by atoms with Gasteiger partial charge >= 0.3 is 0 Å². The van der Waals surface area contributed by atoms with E-state index < -0.39 is 0 Å². The summed E-state index contributed by atoms with van der Waals surface area (Å²) in [5.41, 5.74) is 8.47. The van der Waals surface area contributed by atoms with E-state index >= 15 is 0 Å². The van der Waals surface area contributed by atoms with E-state index in [1.165, 1.54) is 23.5 Å². The summed E-state index contributed by atoms with van der Waals surface area (Å²) < 4.78 is 5.71. The third-order valence-corrected chi connectivity index (χ3v) is 4.46. The number of hydrogen-bond donors (Lipinski definition) is 1. The van der Waals surface area contributed by atoms with E-state index in [0.717, 1.165) is 25.9 Å². The lowest BCUT2D eigenvalue weighted by Crippen LogP contribution is -2.39. The number of nitrogens with two attached hydrogens (primary N) is 1. The Morgan fingerprint density at radius 2 is 2.04 bits per heavy atom. The van der Waals surface area contributed by atoms with Crippen LogP contribution >= 0.6 is 0 Å². The second-order valence-corrected chi connectivity index (χ2v) is 6.41. The lowest BCUT2D eigenvalue weighted by molar-refractivity contribution is 0.0525. The minimum atomic E-state index is -0.187. The van der Waals surface area contributed by atoms with Gasteiger partial charge in [-0.3, -0.25) is 4.79 Å². The molecule has 1 aliphatic rings. The van der Waals surface area contributed by atoms with Crippen molar-refractivity contribution in [1.29, 1.82) is 0 Å². The Labute approximate surface area is 148 Å². The van der Waals surface area contributed by atoms with Crippen LogP contribution in [0, 0.1) is 6.92 Å². The number of benzene rings is 1. The van der Waals surface area contributed by atoms with Gasteiger partial charge in [0.2, 0.25) is 0 Å². The Morgan fingerprint density at radius 3 is 2.72 bits per heavy atom. The van der Waals surface area contributed by atoms with Crippen LogP contribution in [0.2, 0.25) is 0 Å². The van der Waals surface area contributed by atoms with Crippen molar-refractivity contribution in [1.82, 2.24) is 14.9 Å². The highest BCUT2D eigenvalue weighted by atomic mass is 16.5. The first-order valence-corrected chi connectivity index (χ1v) is 8.66. The summed E-state index contributed by atoms with van der Waals surface area (Å²) in [4.78, 5) is 22.8. The fourth-order valence-electron chi connectivity index (χ4n) is 2.99. The van der Waals surface area contributed by atoms with Gasteiger partial charge in [0.25, 0.3) is 5.91 Å². The van der Waals surface area contributed by atoms with Crippen molar-refractivity contribution < 1.29 is 9.53 Å². The fourth-order valence-corrected chi connectivity index (χ4v) is 2.99. The largest absolute Gasteiger partial charge is 0.382 e. The molecule has 0 aliphatic carbocycles. The highest BCUT2D eigenvalue weighted by Crippen LogP contribution is 2.16. The van der Waals surface area contributed by atoms with Gasteiger partial charge in [-0.1, -0.05) is 29.8 Å². The Morgan fingerprint density at radius 1 is 1.28 bits per heavy atom. The highest BCUT2D eigenvalue weighted by molar-refractivity contribution is 5.96. The van der Waals surface area contributed by atoms with Crippen molar-refractivity contribution in [2.45, 2.75) is 32.3 Å². The van der Waals surface area contributed by atoms with Crippen LogP contribution in [0.3, 0.4) is 0 Å². The SMILES string of the molecule is Cc1ccc(CCN(C[C@H]2CCCO2)C(=O)c2nccnc2N)cc1. The summed E-state index contributed by atoms with van der Waals surface area (Å²) in [6.45, 7) is 3.98. The Kier molecular flexibility index (Phi) is 5.60. The second-order valence-electron chi connectivity index (χ2n) is 6.41. The molecule has 2 aromatic rings. The lowest BCUT2D eigenvalue weighted by Gasteiger charge is -2.25. The van der Waals surface area contributed by atoms with Crippen LogP contribution in [0.1, 0.15) is 34.5 Å². The highest BCUT2D eigenvalue weighted by Gasteiger charge is 2.25. The predicted octanol–water partition coefficient (Wildman–Crippen LogP) is 2.23. The van der Waals surface area contributed by atoms with Gasteiger partial charge in [-0.05, 0) is 31.7 Å². The third-order valence-electron chi connectivity index (χ3n) is 4.46. The normalized spacial score (nSPS) is 16.8. The number of ether oxygens (including phenoxy) is 1. The van der Waals surface area contributed by atoms with Gasteiger partial charge in [0.1, 0.15) is 0 Å². The average Bonchev–Trinajstić information content (AvgIpc) is 3.13. The number of carbonyl (C=O) groups is 1. The smallest absolute Gasteiger partial charge is 0.276 e. The van der Waals surface area contributed by atoms with Gasteiger partial charge in [-0.15, -0.1) is 0 Å². The number of nitrogens with zero attached hydrogens (tertiary/aromatic N) is 3. The number of hydrogen-bond acceptors (Lipinski definition) is 5. The molecule has 1 atom stereocenters. The minimum absolute atomic E-state index is 0.0832. The molecule has 0 spiro atoms. The average molecular weight is 340 g/mol. The first kappa shape index (κ1) is 17.4. The molecule has 3 rings (SSSR count). The predicted molar refractivity (Wildman–Crippen MR) is 96.2 cm³/mol. The van der Waals surface area contributed by atoms with E-state index in [4.69, 9.17) is 10.5 Å². The molecule has 0 bridgehead atoms. The number of rotatable bonds is 6. The van der Waals surface area contributed by atoms with Crippen molar-refractivity contribution in [3.05, 3.63) is 53.5 Å². The zero-order chi connectivity index (χ0) is 17.6. The number of aromatic nitrogens is 2. The Bertz CT molecular complexity index is 712. The van der Waals surface area contributed by atoms with E-state index in [2.05, 4.69) is 41.2 Å². The Hall–Kier alpha value is -2.47. The maximum Gasteiger partial charge on any atom is 0.276 e. The standard InChI is InChI=1S/C19H24N4O2/c1-14-4-6-15(7-5-14)8-11-23(13-16-3-2-12-25-16)19(24)17-18(20)22-10-9-21-17/h4-7,9-10,16H,2-3,8,11-13H2,1H3,(H2,20,22)/t16-/m1/s1. The van der Waals surface area contributed by atoms with Gasteiger partial charge in [0.15, 0.2) is 11.5 Å². The van der Waals surface area contributed by atoms with Crippen LogP contribution in [-0.4, -0.2) is 46.6 Å². The zero-order valence-electron chi connectivity index (χ0n) is 14.5. The lowest BCUT2D eigenvalue weighted by atomic mass is 10.1. The van der Waals surface area contributed by atoms with E-state index in [9.17, 15) is 4.79 Å². The molecule has 1 aromatic carbocycles. The van der Waals surface area contributed by atoms with Crippen LogP contribution in [-0.2, 0) is 11.2 Å². The van der Waals surface area contributed by atoms with Gasteiger partial charge in [0.05, 0.1) is 6.10 Å². The molecule has 2 N–H and O–H groups in total. The van der Waals surface area contributed by atoms with Crippen LogP contribution in [0.4, 0.5) is 5.82 Å². The maximum absolute atomic E-state index is 12.9. The number of amides is 1. The summed E-state index contributed by atoms with van der Waals surface area (Å²) >= 11 is 0. The number of aryl methyl sites for hydroxylation is 1. The van der Waals surface area contributed by atoms with Gasteiger partial charge < -0.3 is 15.4 Å². The second kappa shape index (κ2) is 8.07. The third kappa shape index (κ3) is 4.54. The molecular formula is C19H24N4O2. The first-order chi connectivity index (χ1) is 12.1. The first-order valence-electron chi connectivity index (χ1n) is 8.66. The molecule has 25 heavy (non-hydrogen) atoms. The van der Waals surface area contributed by atoms with Crippen molar-refractivity contribution in [2.24, 2.45) is 0 Å². The van der Waals surface area contributed by atoms with Crippen LogP contribution in [0.15, 0.2) is 36.7 Å². The molecule has 1 saturated heterocycles. The summed E-state index contributed by atoms with van der Waals surface area (Å²) in [6, 6.07) is 8.37. The molecule has 0 radical (unpaired) electrons. The molecule has 1 amide bonds. The molecular weight excluding hydrogens is 316 g/mol. The summed E-state index contributed by atoms with van der Waals surface area (Å²) in [7, 11) is 0. The number of nitrogen functional groups attached to an aromatic ring is 1. The van der Waals surface area contributed by atoms with Crippen LogP contribution in [0.5, 0.6) is 0 Å². The van der Waals surface area contributed by atoms with Crippen LogP contribution in [0.25, 0.3) is 0 Å². The van der Waals surface area contributed by atoms with Crippen molar-refractivity contribution in [2.75, 3.05) is 25.4 Å². The molecule has 1 aliphatic heterocycles. The summed E-state index contributed by atoms with van der Waals surface area (Å²) in [5, 5.41) is 0. The number of anilines is 1. The topological polar surface area (TPSA) is 81.3 Å². The van der Waals surface area contributed by atoms with E-state index in [1.807, 2.05) is 0 Å². The summed E-state index contributed by atoms with van der Waals surface area (Å²) in [6.07, 6.45) is 5.86. The molecule has 0 saturated carbocycles.